The van der Waals surface area contributed by atoms with Crippen LogP contribution in [0.2, 0.25) is 0 Å². The van der Waals surface area contributed by atoms with Gasteiger partial charge in [-0.3, -0.25) is 9.97 Å². The van der Waals surface area contributed by atoms with Gasteiger partial charge in [-0.2, -0.15) is 0 Å². The van der Waals surface area contributed by atoms with E-state index in [0.29, 0.717) is 0 Å². The molecule has 8 aromatic carbocycles. The van der Waals surface area contributed by atoms with E-state index in [-0.39, 0.29) is 0 Å². The first-order chi connectivity index (χ1) is 29.7. The Labute approximate surface area is 351 Å². The van der Waals surface area contributed by atoms with Crippen LogP contribution in [0.25, 0.3) is 100 Å². The van der Waals surface area contributed by atoms with Crippen molar-refractivity contribution >= 4 is 0 Å². The predicted octanol–water partition coefficient (Wildman–Crippen LogP) is 15.5. The quantitative estimate of drug-likeness (QED) is 0.146. The maximum absolute atomic E-state index is 4.44. The smallest absolute Gasteiger partial charge is 0.0346 e. The normalized spacial score (nSPS) is 11.0. The van der Waals surface area contributed by atoms with Crippen molar-refractivity contribution in [3.8, 4) is 100 Å². The van der Waals surface area contributed by atoms with E-state index in [4.69, 9.17) is 0 Å². The van der Waals surface area contributed by atoms with Crippen LogP contribution in [0.4, 0.5) is 0 Å². The van der Waals surface area contributed by atoms with E-state index >= 15 is 0 Å². The first kappa shape index (κ1) is 36.4. The van der Waals surface area contributed by atoms with E-state index in [1.54, 1.807) is 0 Å². The first-order valence-electron chi connectivity index (χ1n) is 20.3. The Balaban J connectivity index is 1.02. The summed E-state index contributed by atoms with van der Waals surface area (Å²) in [6.45, 7) is 0. The fourth-order valence-corrected chi connectivity index (χ4v) is 8.07. The van der Waals surface area contributed by atoms with Crippen LogP contribution in [0, 0.1) is 0 Å². The maximum Gasteiger partial charge on any atom is 0.0346 e. The van der Waals surface area contributed by atoms with Crippen molar-refractivity contribution in [1.82, 2.24) is 9.97 Å². The summed E-state index contributed by atoms with van der Waals surface area (Å²) < 4.78 is 0. The topological polar surface area (TPSA) is 25.8 Å². The first-order valence-corrected chi connectivity index (χ1v) is 20.3. The summed E-state index contributed by atoms with van der Waals surface area (Å²) in [6, 6.07) is 78.7. The van der Waals surface area contributed by atoms with Gasteiger partial charge in [-0.05, 0) is 156 Å². The minimum Gasteiger partial charge on any atom is -0.264 e. The third-order valence-corrected chi connectivity index (χ3v) is 11.2. The number of aromatic nitrogens is 2. The lowest BCUT2D eigenvalue weighted by Crippen LogP contribution is -1.90. The summed E-state index contributed by atoms with van der Waals surface area (Å²) in [4.78, 5) is 8.89. The maximum atomic E-state index is 4.44. The molecule has 2 nitrogen and oxygen atoms in total. The van der Waals surface area contributed by atoms with Gasteiger partial charge < -0.3 is 0 Å². The molecule has 10 rings (SSSR count). The third-order valence-electron chi connectivity index (χ3n) is 11.2. The Morgan fingerprint density at radius 3 is 0.783 bits per heavy atom. The van der Waals surface area contributed by atoms with E-state index in [0.717, 1.165) is 44.5 Å². The van der Waals surface area contributed by atoms with Crippen LogP contribution < -0.4 is 0 Å². The van der Waals surface area contributed by atoms with Crippen molar-refractivity contribution in [2.24, 2.45) is 0 Å². The molecule has 10 aromatic rings. The molecule has 0 fully saturated rings. The molecule has 0 radical (unpaired) electrons. The average molecular weight is 765 g/mol. The molecule has 0 spiro atoms. The molecule has 0 aliphatic heterocycles. The van der Waals surface area contributed by atoms with Gasteiger partial charge in [0.15, 0.2) is 0 Å². The highest BCUT2D eigenvalue weighted by molar-refractivity contribution is 5.87. The van der Waals surface area contributed by atoms with Gasteiger partial charge in [0.05, 0.1) is 0 Å². The fourth-order valence-electron chi connectivity index (χ4n) is 8.07. The number of hydrogen-bond donors (Lipinski definition) is 0. The van der Waals surface area contributed by atoms with Crippen molar-refractivity contribution in [3.63, 3.8) is 0 Å². The van der Waals surface area contributed by atoms with Crippen LogP contribution >= 0.6 is 0 Å². The van der Waals surface area contributed by atoms with Crippen molar-refractivity contribution in [1.29, 1.82) is 0 Å². The summed E-state index contributed by atoms with van der Waals surface area (Å²) >= 11 is 0. The van der Waals surface area contributed by atoms with Crippen LogP contribution in [0.15, 0.2) is 243 Å². The molecule has 0 aliphatic rings. The number of hydrogen-bond acceptors (Lipinski definition) is 2. The average Bonchev–Trinajstić information content (AvgIpc) is 3.35. The number of pyridine rings is 2. The van der Waals surface area contributed by atoms with Gasteiger partial charge >= 0.3 is 0 Å². The van der Waals surface area contributed by atoms with Gasteiger partial charge in [0, 0.05) is 35.9 Å². The van der Waals surface area contributed by atoms with Crippen molar-refractivity contribution in [2.45, 2.75) is 0 Å². The molecule has 0 atom stereocenters. The highest BCUT2D eigenvalue weighted by Gasteiger charge is 2.13. The Bertz CT molecular complexity index is 2990. The molecule has 0 saturated carbocycles. The standard InChI is InChI=1S/C58H40N2/c1-3-12-41(13-4-1)43-24-26-44(27-25-43)45-16-7-17-46(30-45)47-18-8-19-48(31-47)49-20-9-21-50(32-49)54-33-53(42-14-5-2-6-15-42)34-57(35-54)58-37-55(51-22-10-28-59-39-51)36-56(38-58)52-23-11-29-60-40-52/h1-40H. The van der Waals surface area contributed by atoms with E-state index in [1.165, 1.54) is 55.6 Å². The molecule has 60 heavy (non-hydrogen) atoms. The molecule has 282 valence electrons. The van der Waals surface area contributed by atoms with Crippen LogP contribution in [0.1, 0.15) is 0 Å². The molecule has 0 N–H and O–H groups in total. The molecule has 2 heteroatoms. The summed E-state index contributed by atoms with van der Waals surface area (Å²) in [7, 11) is 0. The van der Waals surface area contributed by atoms with Gasteiger partial charge in [-0.1, -0.05) is 152 Å². The van der Waals surface area contributed by atoms with Crippen LogP contribution in [-0.2, 0) is 0 Å². The summed E-state index contributed by atoms with van der Waals surface area (Å²) in [5.74, 6) is 0. The van der Waals surface area contributed by atoms with Gasteiger partial charge in [0.1, 0.15) is 0 Å². The molecule has 2 heterocycles. The van der Waals surface area contributed by atoms with Gasteiger partial charge in [-0.15, -0.1) is 0 Å². The van der Waals surface area contributed by atoms with Gasteiger partial charge in [0.25, 0.3) is 0 Å². The zero-order chi connectivity index (χ0) is 40.1. The van der Waals surface area contributed by atoms with E-state index in [1.807, 2.05) is 36.9 Å². The Kier molecular flexibility index (Phi) is 10.0. The molecule has 0 amide bonds. The molecular weight excluding hydrogens is 725 g/mol. The lowest BCUT2D eigenvalue weighted by molar-refractivity contribution is 1.32. The van der Waals surface area contributed by atoms with Crippen LogP contribution in [0.5, 0.6) is 0 Å². The van der Waals surface area contributed by atoms with E-state index < -0.39 is 0 Å². The highest BCUT2D eigenvalue weighted by Crippen LogP contribution is 2.38. The Morgan fingerprint density at radius 2 is 0.400 bits per heavy atom. The zero-order valence-electron chi connectivity index (χ0n) is 33.0. The van der Waals surface area contributed by atoms with Crippen molar-refractivity contribution < 1.29 is 0 Å². The Hall–Kier alpha value is -7.94. The minimum atomic E-state index is 1.07. The number of rotatable bonds is 9. The molecule has 0 bridgehead atoms. The third kappa shape index (κ3) is 7.83. The van der Waals surface area contributed by atoms with Crippen LogP contribution in [0.3, 0.4) is 0 Å². The molecule has 0 aliphatic carbocycles. The summed E-state index contributed by atoms with van der Waals surface area (Å²) in [5, 5.41) is 0. The monoisotopic (exact) mass is 764 g/mol. The Morgan fingerprint density at radius 1 is 0.167 bits per heavy atom. The molecule has 2 aromatic heterocycles. The summed E-state index contributed by atoms with van der Waals surface area (Å²) in [6.07, 6.45) is 7.50. The van der Waals surface area contributed by atoms with E-state index in [2.05, 4.69) is 216 Å². The highest BCUT2D eigenvalue weighted by atomic mass is 14.6. The lowest BCUT2D eigenvalue weighted by Gasteiger charge is -2.15. The van der Waals surface area contributed by atoms with Crippen molar-refractivity contribution in [3.05, 3.63) is 243 Å². The second kappa shape index (κ2) is 16.5. The number of benzene rings is 8. The SMILES string of the molecule is c1ccc(-c2ccc(-c3cccc(-c4cccc(-c5cccc(-c6cc(-c7ccccc7)cc(-c7cc(-c8cccnc8)cc(-c8cccnc8)c7)c6)c5)c4)c3)cc2)cc1. The largest absolute Gasteiger partial charge is 0.264 e. The molecule has 0 unspecified atom stereocenters. The summed E-state index contributed by atoms with van der Waals surface area (Å²) in [5.41, 5.74) is 20.9. The second-order valence-electron chi connectivity index (χ2n) is 15.1. The van der Waals surface area contributed by atoms with Crippen LogP contribution in [-0.4, -0.2) is 9.97 Å². The van der Waals surface area contributed by atoms with Crippen molar-refractivity contribution in [2.75, 3.05) is 0 Å². The van der Waals surface area contributed by atoms with Gasteiger partial charge in [-0.25, -0.2) is 0 Å². The minimum absolute atomic E-state index is 1.07. The lowest BCUT2D eigenvalue weighted by atomic mass is 9.89. The predicted molar refractivity (Wildman–Crippen MR) is 251 cm³/mol. The second-order valence-corrected chi connectivity index (χ2v) is 15.1. The molecular formula is C58H40N2. The van der Waals surface area contributed by atoms with Gasteiger partial charge in [0.2, 0.25) is 0 Å². The fraction of sp³-hybridized carbons (Fsp3) is 0. The zero-order valence-corrected chi connectivity index (χ0v) is 33.0. The number of nitrogens with zero attached hydrogens (tertiary/aromatic N) is 2. The molecule has 0 saturated heterocycles. The van der Waals surface area contributed by atoms with E-state index in [9.17, 15) is 0 Å².